The number of hydrogen-bond donors (Lipinski definition) is 1. The largest absolute Gasteiger partial charge is 0.506 e. The van der Waals surface area contributed by atoms with Crippen LogP contribution >= 0.6 is 34.5 Å². The summed E-state index contributed by atoms with van der Waals surface area (Å²) in [5, 5.41) is 10.8. The third-order valence-corrected chi connectivity index (χ3v) is 7.46. The van der Waals surface area contributed by atoms with E-state index < -0.39 is 17.6 Å². The van der Waals surface area contributed by atoms with Crippen LogP contribution in [0.5, 0.6) is 17.2 Å². The summed E-state index contributed by atoms with van der Waals surface area (Å²) in [5.41, 5.74) is 1.19. The molecule has 4 rings (SSSR count). The number of ether oxygens (including phenoxy) is 3. The lowest BCUT2D eigenvalue weighted by Crippen LogP contribution is -2.40. The Balaban J connectivity index is 2.08. The molecule has 0 spiro atoms. The van der Waals surface area contributed by atoms with Crippen molar-refractivity contribution in [2.24, 2.45) is 4.99 Å². The van der Waals surface area contributed by atoms with Crippen LogP contribution in [0.4, 0.5) is 0 Å². The van der Waals surface area contributed by atoms with Gasteiger partial charge in [0.1, 0.15) is 23.3 Å². The molecule has 0 amide bonds. The molecule has 200 valence electrons. The van der Waals surface area contributed by atoms with Crippen LogP contribution in [0.2, 0.25) is 10.0 Å². The molecule has 1 atom stereocenters. The minimum atomic E-state index is -0.893. The third kappa shape index (κ3) is 5.18. The molecule has 0 unspecified atom stereocenters. The summed E-state index contributed by atoms with van der Waals surface area (Å²) in [7, 11) is 3.05. The van der Waals surface area contributed by atoms with Crippen LogP contribution in [0.15, 0.2) is 51.4 Å². The van der Waals surface area contributed by atoms with Gasteiger partial charge in [-0.3, -0.25) is 9.36 Å². The van der Waals surface area contributed by atoms with E-state index in [4.69, 9.17) is 42.4 Å². The van der Waals surface area contributed by atoms with Crippen molar-refractivity contribution >= 4 is 46.6 Å². The average Bonchev–Trinajstić information content (AvgIpc) is 3.20. The van der Waals surface area contributed by atoms with E-state index in [9.17, 15) is 14.7 Å². The molecule has 1 aromatic heterocycles. The van der Waals surface area contributed by atoms with Gasteiger partial charge < -0.3 is 19.3 Å². The second-order valence-corrected chi connectivity index (χ2v) is 10.2. The molecular weight excluding hydrogens is 551 g/mol. The number of nitrogens with zero attached hydrogens (tertiary/aromatic N) is 2. The van der Waals surface area contributed by atoms with Gasteiger partial charge in [0.2, 0.25) is 0 Å². The summed E-state index contributed by atoms with van der Waals surface area (Å²) in [5.74, 6) is 0.220. The van der Waals surface area contributed by atoms with Gasteiger partial charge >= 0.3 is 5.97 Å². The highest BCUT2D eigenvalue weighted by atomic mass is 35.5. The number of methoxy groups -OCH3 is 2. The number of carbonyl (C=O) groups is 1. The number of benzene rings is 2. The molecule has 0 radical (unpaired) electrons. The smallest absolute Gasteiger partial charge is 0.338 e. The number of allylic oxidation sites excluding steroid dienone is 1. The monoisotopic (exact) mass is 576 g/mol. The molecule has 1 aliphatic heterocycles. The Kier molecular flexibility index (Phi) is 8.50. The molecular formula is C27H26Cl2N2O6S. The fourth-order valence-electron chi connectivity index (χ4n) is 4.31. The molecule has 38 heavy (non-hydrogen) atoms. The maximum atomic E-state index is 13.9. The molecule has 0 fully saturated rings. The van der Waals surface area contributed by atoms with Crippen molar-refractivity contribution in [3.05, 3.63) is 82.5 Å². The molecule has 0 saturated heterocycles. The van der Waals surface area contributed by atoms with Crippen LogP contribution in [0.1, 0.15) is 43.9 Å². The van der Waals surface area contributed by atoms with Crippen molar-refractivity contribution in [2.75, 3.05) is 20.8 Å². The quantitative estimate of drug-likeness (QED) is 0.393. The zero-order valence-corrected chi connectivity index (χ0v) is 23.5. The SMILES string of the molecule is CCCC1=C(C(=O)OCC)[C@H](c2cc(OC)ccc2OC)n2c(s/c(=C\c3cc(Cl)cc(Cl)c3O)c2=O)=N1. The molecule has 0 saturated carbocycles. The molecule has 0 aliphatic carbocycles. The Hall–Kier alpha value is -3.27. The summed E-state index contributed by atoms with van der Waals surface area (Å²) >= 11 is 13.4. The van der Waals surface area contributed by atoms with Crippen LogP contribution in [0, 0.1) is 0 Å². The third-order valence-electron chi connectivity index (χ3n) is 5.97. The van der Waals surface area contributed by atoms with Crippen molar-refractivity contribution in [3.63, 3.8) is 0 Å². The Labute approximate surface area is 233 Å². The van der Waals surface area contributed by atoms with Gasteiger partial charge in [-0.2, -0.15) is 0 Å². The molecule has 1 aliphatic rings. The summed E-state index contributed by atoms with van der Waals surface area (Å²) in [4.78, 5) is 32.4. The fourth-order valence-corrected chi connectivity index (χ4v) is 5.83. The molecule has 2 aromatic carbocycles. The number of esters is 1. The van der Waals surface area contributed by atoms with Crippen molar-refractivity contribution < 1.29 is 24.1 Å². The fraction of sp³-hybridized carbons (Fsp3) is 0.296. The number of phenols is 1. The zero-order valence-electron chi connectivity index (χ0n) is 21.2. The highest BCUT2D eigenvalue weighted by Crippen LogP contribution is 2.39. The van der Waals surface area contributed by atoms with Gasteiger partial charge in [0, 0.05) is 16.1 Å². The van der Waals surface area contributed by atoms with Crippen LogP contribution in [0.25, 0.3) is 6.08 Å². The number of rotatable bonds is 8. The average molecular weight is 577 g/mol. The number of thiazole rings is 1. The Morgan fingerprint density at radius 2 is 1.95 bits per heavy atom. The minimum absolute atomic E-state index is 0.0605. The highest BCUT2D eigenvalue weighted by molar-refractivity contribution is 7.07. The van der Waals surface area contributed by atoms with E-state index in [1.54, 1.807) is 25.1 Å². The second kappa shape index (κ2) is 11.6. The molecule has 0 bridgehead atoms. The van der Waals surface area contributed by atoms with E-state index in [0.717, 1.165) is 11.3 Å². The predicted molar refractivity (Wildman–Crippen MR) is 147 cm³/mol. The van der Waals surface area contributed by atoms with E-state index in [0.29, 0.717) is 45.4 Å². The van der Waals surface area contributed by atoms with Crippen LogP contribution in [0.3, 0.4) is 0 Å². The number of aromatic nitrogens is 1. The maximum absolute atomic E-state index is 13.9. The van der Waals surface area contributed by atoms with Gasteiger partial charge in [0.25, 0.3) is 5.56 Å². The molecule has 11 heteroatoms. The van der Waals surface area contributed by atoms with Crippen molar-refractivity contribution in [3.8, 4) is 17.2 Å². The number of aromatic hydroxyl groups is 1. The lowest BCUT2D eigenvalue weighted by Gasteiger charge is -2.27. The van der Waals surface area contributed by atoms with E-state index in [2.05, 4.69) is 0 Å². The van der Waals surface area contributed by atoms with Crippen LogP contribution < -0.4 is 24.4 Å². The summed E-state index contributed by atoms with van der Waals surface area (Å²) in [6.45, 7) is 3.85. The van der Waals surface area contributed by atoms with E-state index in [1.165, 1.54) is 37.0 Å². The molecule has 3 aromatic rings. The Morgan fingerprint density at radius 1 is 1.18 bits per heavy atom. The molecule has 8 nitrogen and oxygen atoms in total. The van der Waals surface area contributed by atoms with Gasteiger partial charge in [-0.25, -0.2) is 9.79 Å². The summed E-state index contributed by atoms with van der Waals surface area (Å²) in [6, 6.07) is 7.22. The standard InChI is InChI=1S/C27H26Cl2N2O6S/c1-5-7-19-22(26(34)37-6-2)23(17-13-16(35-3)8-9-20(17)36-4)31-25(33)21(38-27(31)30-19)11-14-10-15(28)12-18(29)24(14)32/h8-13,23,32H,5-7H2,1-4H3/b21-11-/t23-/m0/s1. The first-order valence-electron chi connectivity index (χ1n) is 11.9. The lowest BCUT2D eigenvalue weighted by atomic mass is 9.93. The number of hydrogen-bond acceptors (Lipinski definition) is 8. The van der Waals surface area contributed by atoms with E-state index in [-0.39, 0.29) is 33.0 Å². The lowest BCUT2D eigenvalue weighted by molar-refractivity contribution is -0.139. The first-order chi connectivity index (χ1) is 18.2. The first kappa shape index (κ1) is 27.8. The molecule has 1 N–H and O–H groups in total. The van der Waals surface area contributed by atoms with Gasteiger partial charge in [-0.1, -0.05) is 47.9 Å². The maximum Gasteiger partial charge on any atom is 0.338 e. The highest BCUT2D eigenvalue weighted by Gasteiger charge is 2.36. The first-order valence-corrected chi connectivity index (χ1v) is 13.4. The molecule has 2 heterocycles. The van der Waals surface area contributed by atoms with Gasteiger partial charge in [-0.05, 0) is 49.8 Å². The zero-order chi connectivity index (χ0) is 27.6. The van der Waals surface area contributed by atoms with Crippen molar-refractivity contribution in [1.29, 1.82) is 0 Å². The number of halogens is 2. The van der Waals surface area contributed by atoms with Crippen molar-refractivity contribution in [1.82, 2.24) is 4.57 Å². The summed E-state index contributed by atoms with van der Waals surface area (Å²) < 4.78 is 18.2. The predicted octanol–water partition coefficient (Wildman–Crippen LogP) is 4.61. The van der Waals surface area contributed by atoms with Gasteiger partial charge in [0.15, 0.2) is 4.80 Å². The topological polar surface area (TPSA) is 99.4 Å². The van der Waals surface area contributed by atoms with Crippen LogP contribution in [-0.2, 0) is 9.53 Å². The number of phenolic OH excluding ortho intramolecular Hbond substituents is 1. The van der Waals surface area contributed by atoms with E-state index >= 15 is 0 Å². The number of carbonyl (C=O) groups excluding carboxylic acids is 1. The van der Waals surface area contributed by atoms with Gasteiger partial charge in [0.05, 0.1) is 41.7 Å². The Morgan fingerprint density at radius 3 is 2.61 bits per heavy atom. The van der Waals surface area contributed by atoms with E-state index in [1.807, 2.05) is 6.92 Å². The van der Waals surface area contributed by atoms with Gasteiger partial charge in [-0.15, -0.1) is 0 Å². The normalized spacial score (nSPS) is 15.2. The van der Waals surface area contributed by atoms with Crippen molar-refractivity contribution in [2.45, 2.75) is 32.7 Å². The second-order valence-electron chi connectivity index (χ2n) is 8.35. The Bertz CT molecular complexity index is 1610. The summed E-state index contributed by atoms with van der Waals surface area (Å²) in [6.07, 6.45) is 2.71. The number of fused-ring (bicyclic) bond motifs is 1. The minimum Gasteiger partial charge on any atom is -0.506 e. The van der Waals surface area contributed by atoms with Crippen LogP contribution in [-0.4, -0.2) is 36.5 Å².